The summed E-state index contributed by atoms with van der Waals surface area (Å²) in [5, 5.41) is 0. The van der Waals surface area contributed by atoms with E-state index in [-0.39, 0.29) is 42.3 Å². The molecule has 0 saturated carbocycles. The van der Waals surface area contributed by atoms with E-state index in [2.05, 4.69) is 0 Å². The molecule has 0 N–H and O–H groups in total. The summed E-state index contributed by atoms with van der Waals surface area (Å²) < 4.78 is 29.7. The molecule has 10 heteroatoms. The largest absolute Gasteiger partial charge is 0.497 e. The Kier molecular flexibility index (Phi) is 7.93. The van der Waals surface area contributed by atoms with Crippen molar-refractivity contribution < 1.29 is 22.7 Å². The van der Waals surface area contributed by atoms with Gasteiger partial charge in [0.1, 0.15) is 10.1 Å². The summed E-state index contributed by atoms with van der Waals surface area (Å²) in [5.74, 6) is 0.354. The van der Waals surface area contributed by atoms with E-state index in [0.717, 1.165) is 16.9 Å². The third-order valence-corrected chi connectivity index (χ3v) is 9.13. The average Bonchev–Trinajstić information content (AvgIpc) is 3.34. The Morgan fingerprint density at radius 3 is 2.54 bits per heavy atom. The van der Waals surface area contributed by atoms with Crippen LogP contribution in [0.5, 0.6) is 5.75 Å². The maximum Gasteiger partial charge on any atom is 0.266 e. The van der Waals surface area contributed by atoms with Crippen LogP contribution in [0.25, 0.3) is 6.08 Å². The van der Waals surface area contributed by atoms with Crippen molar-refractivity contribution in [1.82, 2.24) is 9.80 Å². The van der Waals surface area contributed by atoms with Crippen molar-refractivity contribution in [3.8, 4) is 5.75 Å². The van der Waals surface area contributed by atoms with Gasteiger partial charge in [0.25, 0.3) is 5.91 Å². The third-order valence-electron chi connectivity index (χ3n) is 6.00. The van der Waals surface area contributed by atoms with Crippen molar-refractivity contribution in [2.45, 2.75) is 25.4 Å². The Balaban J connectivity index is 1.44. The molecule has 0 radical (unpaired) electrons. The van der Waals surface area contributed by atoms with Crippen molar-refractivity contribution in [1.29, 1.82) is 0 Å². The quantitative estimate of drug-likeness (QED) is 0.382. The number of ether oxygens (including phenoxy) is 1. The Hall–Kier alpha value is -2.69. The monoisotopic (exact) mass is 530 g/mol. The molecule has 35 heavy (non-hydrogen) atoms. The Morgan fingerprint density at radius 2 is 1.91 bits per heavy atom. The van der Waals surface area contributed by atoms with Crippen molar-refractivity contribution in [3.05, 3.63) is 70.6 Å². The Morgan fingerprint density at radius 1 is 1.20 bits per heavy atom. The number of thiocarbonyl (C=S) groups is 1. The first-order valence-electron chi connectivity index (χ1n) is 11.2. The zero-order valence-corrected chi connectivity index (χ0v) is 21.7. The van der Waals surface area contributed by atoms with Gasteiger partial charge >= 0.3 is 0 Å². The van der Waals surface area contributed by atoms with Crippen LogP contribution in [0.1, 0.15) is 24.0 Å². The second-order valence-electron chi connectivity index (χ2n) is 8.42. The molecule has 7 nitrogen and oxygen atoms in total. The molecule has 2 heterocycles. The molecule has 0 bridgehead atoms. The Labute approximate surface area is 215 Å². The summed E-state index contributed by atoms with van der Waals surface area (Å²) in [7, 11) is -1.56. The molecule has 2 aliphatic heterocycles. The normalized spacial score (nSPS) is 20.4. The molecule has 2 aromatic rings. The minimum atomic E-state index is -3.15. The number of hydrogen-bond acceptors (Lipinski definition) is 7. The summed E-state index contributed by atoms with van der Waals surface area (Å²) in [6.45, 7) is 0.476. The highest BCUT2D eigenvalue weighted by atomic mass is 32.2. The second-order valence-corrected chi connectivity index (χ2v) is 12.3. The molecule has 2 aliphatic rings. The van der Waals surface area contributed by atoms with Gasteiger partial charge in [-0.15, -0.1) is 0 Å². The summed E-state index contributed by atoms with van der Waals surface area (Å²) in [5.41, 5.74) is 1.78. The second kappa shape index (κ2) is 10.9. The number of carbonyl (C=O) groups is 2. The summed E-state index contributed by atoms with van der Waals surface area (Å²) >= 11 is 6.62. The third kappa shape index (κ3) is 6.31. The maximum absolute atomic E-state index is 13.3. The topological polar surface area (TPSA) is 84.0 Å². The van der Waals surface area contributed by atoms with Crippen LogP contribution in [-0.2, 0) is 26.0 Å². The number of rotatable bonds is 8. The predicted molar refractivity (Wildman–Crippen MR) is 142 cm³/mol. The van der Waals surface area contributed by atoms with Crippen LogP contribution in [-0.4, -0.2) is 65.6 Å². The number of thioether (sulfide) groups is 1. The highest BCUT2D eigenvalue weighted by Crippen LogP contribution is 2.33. The van der Waals surface area contributed by atoms with Gasteiger partial charge in [-0.3, -0.25) is 14.5 Å². The van der Waals surface area contributed by atoms with E-state index in [0.29, 0.717) is 22.2 Å². The molecule has 184 valence electrons. The van der Waals surface area contributed by atoms with Crippen molar-refractivity contribution in [2.75, 3.05) is 25.2 Å². The molecule has 4 rings (SSSR count). The first-order chi connectivity index (χ1) is 16.8. The fraction of sp³-hybridized carbons (Fsp3) is 0.320. The number of benzene rings is 2. The van der Waals surface area contributed by atoms with Crippen molar-refractivity contribution in [3.63, 3.8) is 0 Å². The smallest absolute Gasteiger partial charge is 0.266 e. The van der Waals surface area contributed by atoms with E-state index in [1.807, 2.05) is 54.6 Å². The van der Waals surface area contributed by atoms with Gasteiger partial charge in [-0.2, -0.15) is 0 Å². The molecular weight excluding hydrogens is 504 g/mol. The number of hydrogen-bond donors (Lipinski definition) is 0. The highest BCUT2D eigenvalue weighted by Gasteiger charge is 2.36. The van der Waals surface area contributed by atoms with Gasteiger partial charge in [-0.05, 0) is 35.8 Å². The number of methoxy groups -OCH3 is 1. The number of nitrogens with zero attached hydrogens (tertiary/aromatic N) is 2. The maximum atomic E-state index is 13.3. The molecule has 0 spiro atoms. The van der Waals surface area contributed by atoms with Crippen LogP contribution in [0.15, 0.2) is 59.5 Å². The van der Waals surface area contributed by atoms with Crippen LogP contribution in [0.2, 0.25) is 0 Å². The van der Waals surface area contributed by atoms with Crippen molar-refractivity contribution >= 4 is 56.0 Å². The number of sulfone groups is 1. The van der Waals surface area contributed by atoms with E-state index < -0.39 is 9.84 Å². The molecule has 2 fully saturated rings. The molecule has 2 saturated heterocycles. The van der Waals surface area contributed by atoms with Gasteiger partial charge in [0.2, 0.25) is 5.91 Å². The van der Waals surface area contributed by atoms with Gasteiger partial charge in [0, 0.05) is 25.6 Å². The minimum Gasteiger partial charge on any atom is -0.497 e. The van der Waals surface area contributed by atoms with Crippen LogP contribution < -0.4 is 4.74 Å². The molecule has 2 amide bonds. The van der Waals surface area contributed by atoms with Crippen molar-refractivity contribution in [2.24, 2.45) is 0 Å². The SMILES string of the molecule is COc1ccc(C=C2SC(=S)N(CCC(=O)N(Cc3ccccc3)C3CCS(=O)(=O)C3)C2=O)cc1. The lowest BCUT2D eigenvalue weighted by molar-refractivity contribution is -0.134. The zero-order valence-electron chi connectivity index (χ0n) is 19.3. The zero-order chi connectivity index (χ0) is 25.0. The predicted octanol–water partition coefficient (Wildman–Crippen LogP) is 3.50. The fourth-order valence-corrected chi connectivity index (χ4v) is 7.16. The molecule has 0 aliphatic carbocycles. The van der Waals surface area contributed by atoms with Gasteiger partial charge < -0.3 is 9.64 Å². The number of amides is 2. The Bertz CT molecular complexity index is 1240. The molecule has 1 atom stereocenters. The first-order valence-corrected chi connectivity index (χ1v) is 14.2. The van der Waals surface area contributed by atoms with Crippen LogP contribution in [0.3, 0.4) is 0 Å². The summed E-state index contributed by atoms with van der Waals surface area (Å²) in [6, 6.07) is 16.5. The lowest BCUT2D eigenvalue weighted by Crippen LogP contribution is -2.42. The van der Waals surface area contributed by atoms with E-state index in [4.69, 9.17) is 17.0 Å². The molecule has 1 unspecified atom stereocenters. The van der Waals surface area contributed by atoms with E-state index in [1.165, 1.54) is 16.7 Å². The van der Waals surface area contributed by atoms with E-state index in [9.17, 15) is 18.0 Å². The standard InChI is InChI=1S/C25H26N2O5S3/c1-32-21-9-7-18(8-10-21)15-22-24(29)26(25(33)34-22)13-11-23(28)27(16-19-5-3-2-4-6-19)20-12-14-35(30,31)17-20/h2-10,15,20H,11-14,16-17H2,1H3. The number of carbonyl (C=O) groups excluding carboxylic acids is 2. The minimum absolute atomic E-state index is 0.0305. The lowest BCUT2D eigenvalue weighted by Gasteiger charge is -2.29. The molecular formula is C25H26N2O5S3. The lowest BCUT2D eigenvalue weighted by atomic mass is 10.1. The van der Waals surface area contributed by atoms with Gasteiger partial charge in [0.05, 0.1) is 23.5 Å². The van der Waals surface area contributed by atoms with E-state index >= 15 is 0 Å². The van der Waals surface area contributed by atoms with Crippen LogP contribution >= 0.6 is 24.0 Å². The highest BCUT2D eigenvalue weighted by molar-refractivity contribution is 8.26. The van der Waals surface area contributed by atoms with Crippen LogP contribution in [0.4, 0.5) is 0 Å². The summed E-state index contributed by atoms with van der Waals surface area (Å²) in [4.78, 5) is 29.8. The molecule has 2 aromatic carbocycles. The van der Waals surface area contributed by atoms with Gasteiger partial charge in [-0.1, -0.05) is 66.4 Å². The average molecular weight is 531 g/mol. The fourth-order valence-electron chi connectivity index (χ4n) is 4.12. The van der Waals surface area contributed by atoms with Crippen LogP contribution in [0, 0.1) is 0 Å². The van der Waals surface area contributed by atoms with Gasteiger partial charge in [0.15, 0.2) is 9.84 Å². The van der Waals surface area contributed by atoms with Gasteiger partial charge in [-0.25, -0.2) is 8.42 Å². The summed E-state index contributed by atoms with van der Waals surface area (Å²) in [6.07, 6.45) is 2.25. The van der Waals surface area contributed by atoms with E-state index in [1.54, 1.807) is 18.1 Å². The molecule has 0 aromatic heterocycles. The first kappa shape index (κ1) is 25.4.